The summed E-state index contributed by atoms with van der Waals surface area (Å²) < 4.78 is 1.16. The van der Waals surface area contributed by atoms with Crippen LogP contribution < -0.4 is 11.1 Å². The molecule has 0 fully saturated rings. The average molecular weight is 355 g/mol. The van der Waals surface area contributed by atoms with Crippen molar-refractivity contribution in [1.82, 2.24) is 4.98 Å². The molecule has 2 aromatic rings. The largest absolute Gasteiger partial charge is 0.389 e. The van der Waals surface area contributed by atoms with Gasteiger partial charge in [-0.05, 0) is 52.9 Å². The van der Waals surface area contributed by atoms with E-state index in [4.69, 9.17) is 18.0 Å². The van der Waals surface area contributed by atoms with Crippen molar-refractivity contribution in [2.24, 2.45) is 5.73 Å². The van der Waals surface area contributed by atoms with E-state index in [1.54, 1.807) is 12.3 Å². The molecule has 0 saturated heterocycles. The smallest absolute Gasteiger partial charge is 0.130 e. The lowest BCUT2D eigenvalue weighted by molar-refractivity contribution is 1.30. The Balaban J connectivity index is 2.24. The van der Waals surface area contributed by atoms with Crippen LogP contribution in [0.2, 0.25) is 0 Å². The van der Waals surface area contributed by atoms with Crippen molar-refractivity contribution in [2.75, 3.05) is 5.32 Å². The minimum atomic E-state index is 0.373. The molecular weight excluding hydrogens is 345 g/mol. The highest BCUT2D eigenvalue weighted by atomic mass is 127. The molecule has 2 rings (SSSR count). The fourth-order valence-corrected chi connectivity index (χ4v) is 2.04. The molecule has 0 spiro atoms. The topological polar surface area (TPSA) is 50.9 Å². The number of rotatable bonds is 3. The molecule has 0 amide bonds. The second kappa shape index (κ2) is 5.42. The molecule has 0 unspecified atom stereocenters. The van der Waals surface area contributed by atoms with E-state index in [0.29, 0.717) is 4.99 Å². The Morgan fingerprint density at radius 3 is 2.82 bits per heavy atom. The van der Waals surface area contributed by atoms with E-state index < -0.39 is 0 Å². The molecule has 0 aliphatic rings. The van der Waals surface area contributed by atoms with Crippen LogP contribution in [0.1, 0.15) is 5.56 Å². The maximum Gasteiger partial charge on any atom is 0.130 e. The third-order valence-electron chi connectivity index (χ3n) is 2.14. The van der Waals surface area contributed by atoms with E-state index in [1.807, 2.05) is 30.3 Å². The molecule has 0 atom stereocenters. The molecular formula is C12H10IN3S. The van der Waals surface area contributed by atoms with Crippen LogP contribution in [-0.4, -0.2) is 9.97 Å². The van der Waals surface area contributed by atoms with E-state index in [9.17, 15) is 0 Å². The summed E-state index contributed by atoms with van der Waals surface area (Å²) in [5.74, 6) is 0.734. The molecule has 86 valence electrons. The lowest BCUT2D eigenvalue weighted by Gasteiger charge is -2.07. The maximum atomic E-state index is 5.57. The summed E-state index contributed by atoms with van der Waals surface area (Å²) in [6, 6.07) is 11.7. The summed E-state index contributed by atoms with van der Waals surface area (Å²) in [5.41, 5.74) is 7.37. The van der Waals surface area contributed by atoms with Gasteiger partial charge in [0.2, 0.25) is 0 Å². The quantitative estimate of drug-likeness (QED) is 0.656. The van der Waals surface area contributed by atoms with Gasteiger partial charge in [-0.15, -0.1) is 0 Å². The monoisotopic (exact) mass is 355 g/mol. The Kier molecular flexibility index (Phi) is 3.90. The number of nitrogens with two attached hydrogens (primary N) is 1. The number of pyridine rings is 1. The summed E-state index contributed by atoms with van der Waals surface area (Å²) in [6.07, 6.45) is 1.69. The van der Waals surface area contributed by atoms with Gasteiger partial charge in [-0.3, -0.25) is 0 Å². The standard InChI is InChI=1S/C12H10IN3S/c13-9-2-1-3-10(7-9)16-11-6-8(12(14)17)4-5-15-11/h1-7H,(H2,14,17)(H,15,16). The second-order valence-corrected chi connectivity index (χ2v) is 5.11. The minimum absolute atomic E-state index is 0.373. The number of nitrogens with one attached hydrogen (secondary N) is 1. The minimum Gasteiger partial charge on any atom is -0.389 e. The molecule has 0 aliphatic carbocycles. The normalized spacial score (nSPS) is 9.94. The Morgan fingerprint density at radius 1 is 1.29 bits per heavy atom. The van der Waals surface area contributed by atoms with Crippen LogP contribution in [0.3, 0.4) is 0 Å². The van der Waals surface area contributed by atoms with Gasteiger partial charge in [0, 0.05) is 21.0 Å². The summed E-state index contributed by atoms with van der Waals surface area (Å²) in [5, 5.41) is 3.21. The van der Waals surface area contributed by atoms with Crippen LogP contribution in [0.15, 0.2) is 42.6 Å². The molecule has 1 aromatic carbocycles. The number of aromatic nitrogens is 1. The van der Waals surface area contributed by atoms with Crippen molar-refractivity contribution < 1.29 is 0 Å². The van der Waals surface area contributed by atoms with E-state index in [-0.39, 0.29) is 0 Å². The Labute approximate surface area is 119 Å². The number of benzene rings is 1. The number of anilines is 2. The van der Waals surface area contributed by atoms with Gasteiger partial charge < -0.3 is 11.1 Å². The van der Waals surface area contributed by atoms with Crippen molar-refractivity contribution in [3.8, 4) is 0 Å². The molecule has 0 saturated carbocycles. The summed E-state index contributed by atoms with van der Waals surface area (Å²) in [6.45, 7) is 0. The predicted octanol–water partition coefficient (Wildman–Crippen LogP) is 3.06. The third kappa shape index (κ3) is 3.37. The van der Waals surface area contributed by atoms with Crippen molar-refractivity contribution in [2.45, 2.75) is 0 Å². The zero-order chi connectivity index (χ0) is 12.3. The first kappa shape index (κ1) is 12.3. The van der Waals surface area contributed by atoms with Crippen LogP contribution in [-0.2, 0) is 0 Å². The maximum absolute atomic E-state index is 5.57. The van der Waals surface area contributed by atoms with Gasteiger partial charge in [-0.1, -0.05) is 18.3 Å². The van der Waals surface area contributed by atoms with Gasteiger partial charge in [0.05, 0.1) is 0 Å². The van der Waals surface area contributed by atoms with Gasteiger partial charge in [0.1, 0.15) is 10.8 Å². The molecule has 3 nitrogen and oxygen atoms in total. The highest BCUT2D eigenvalue weighted by Gasteiger charge is 2.00. The molecule has 0 aliphatic heterocycles. The second-order valence-electron chi connectivity index (χ2n) is 3.43. The number of halogens is 1. The third-order valence-corrected chi connectivity index (χ3v) is 3.05. The van der Waals surface area contributed by atoms with Gasteiger partial charge in [-0.2, -0.15) is 0 Å². The zero-order valence-corrected chi connectivity index (χ0v) is 11.8. The molecule has 0 bridgehead atoms. The summed E-state index contributed by atoms with van der Waals surface area (Å²) in [7, 11) is 0. The molecule has 5 heteroatoms. The van der Waals surface area contributed by atoms with Crippen LogP contribution in [0.4, 0.5) is 11.5 Å². The fraction of sp³-hybridized carbons (Fsp3) is 0. The molecule has 3 N–H and O–H groups in total. The Hall–Kier alpha value is -1.21. The summed E-state index contributed by atoms with van der Waals surface area (Å²) in [4.78, 5) is 4.59. The SMILES string of the molecule is NC(=S)c1ccnc(Nc2cccc(I)c2)c1. The van der Waals surface area contributed by atoms with E-state index in [1.165, 1.54) is 0 Å². The van der Waals surface area contributed by atoms with Crippen molar-refractivity contribution in [1.29, 1.82) is 0 Å². The van der Waals surface area contributed by atoms with Gasteiger partial charge in [0.15, 0.2) is 0 Å². The van der Waals surface area contributed by atoms with Gasteiger partial charge in [-0.25, -0.2) is 4.98 Å². The molecule has 17 heavy (non-hydrogen) atoms. The van der Waals surface area contributed by atoms with E-state index >= 15 is 0 Å². The first-order valence-electron chi connectivity index (χ1n) is 4.93. The van der Waals surface area contributed by atoms with Gasteiger partial charge in [0.25, 0.3) is 0 Å². The highest BCUT2D eigenvalue weighted by Crippen LogP contribution is 2.17. The number of thiocarbonyl (C=S) groups is 1. The highest BCUT2D eigenvalue weighted by molar-refractivity contribution is 14.1. The van der Waals surface area contributed by atoms with E-state index in [2.05, 4.69) is 32.9 Å². The Morgan fingerprint density at radius 2 is 2.12 bits per heavy atom. The lowest BCUT2D eigenvalue weighted by atomic mass is 10.2. The lowest BCUT2D eigenvalue weighted by Crippen LogP contribution is -2.09. The first-order valence-corrected chi connectivity index (χ1v) is 6.42. The van der Waals surface area contributed by atoms with Crippen LogP contribution >= 0.6 is 34.8 Å². The van der Waals surface area contributed by atoms with Crippen LogP contribution in [0, 0.1) is 3.57 Å². The van der Waals surface area contributed by atoms with Crippen molar-refractivity contribution in [3.63, 3.8) is 0 Å². The molecule has 1 aromatic heterocycles. The number of hydrogen-bond donors (Lipinski definition) is 2. The molecule has 1 heterocycles. The average Bonchev–Trinajstić information content (AvgIpc) is 2.29. The van der Waals surface area contributed by atoms with Gasteiger partial charge >= 0.3 is 0 Å². The zero-order valence-electron chi connectivity index (χ0n) is 8.85. The van der Waals surface area contributed by atoms with E-state index in [0.717, 1.165) is 20.6 Å². The number of hydrogen-bond acceptors (Lipinski definition) is 3. The first-order chi connectivity index (χ1) is 8.15. The number of nitrogens with zero attached hydrogens (tertiary/aromatic N) is 1. The van der Waals surface area contributed by atoms with Crippen LogP contribution in [0.5, 0.6) is 0 Å². The summed E-state index contributed by atoms with van der Waals surface area (Å²) >= 11 is 7.19. The van der Waals surface area contributed by atoms with Crippen LogP contribution in [0.25, 0.3) is 0 Å². The Bertz CT molecular complexity index is 557. The van der Waals surface area contributed by atoms with Crippen molar-refractivity contribution in [3.05, 3.63) is 51.7 Å². The van der Waals surface area contributed by atoms with Crippen molar-refractivity contribution >= 4 is 51.3 Å². The fourth-order valence-electron chi connectivity index (χ4n) is 1.37. The predicted molar refractivity (Wildman–Crippen MR) is 82.6 cm³/mol. The molecule has 0 radical (unpaired) electrons.